The molecule has 8 nitrogen and oxygen atoms in total. The van der Waals surface area contributed by atoms with E-state index >= 15 is 0 Å². The average molecular weight is 446 g/mol. The van der Waals surface area contributed by atoms with Crippen LogP contribution in [0.3, 0.4) is 0 Å². The average Bonchev–Trinajstić information content (AvgIpc) is 2.78. The number of rotatable bonds is 6. The molecule has 32 heavy (non-hydrogen) atoms. The van der Waals surface area contributed by atoms with Crippen LogP contribution in [-0.4, -0.2) is 21.9 Å². The predicted molar refractivity (Wildman–Crippen MR) is 127 cm³/mol. The minimum Gasteiger partial charge on any atom is -0.332 e. The predicted octanol–water partition coefficient (Wildman–Crippen LogP) is 4.37. The van der Waals surface area contributed by atoms with E-state index in [-0.39, 0.29) is 16.7 Å². The van der Waals surface area contributed by atoms with Crippen LogP contribution in [0, 0.1) is 10.1 Å². The van der Waals surface area contributed by atoms with E-state index in [1.807, 2.05) is 18.2 Å². The van der Waals surface area contributed by atoms with Gasteiger partial charge in [0.05, 0.1) is 4.92 Å². The summed E-state index contributed by atoms with van der Waals surface area (Å²) in [5.74, 6) is -0.750. The Morgan fingerprint density at radius 1 is 0.875 bits per heavy atom. The van der Waals surface area contributed by atoms with Crippen LogP contribution in [0.25, 0.3) is 6.08 Å². The number of para-hydroxylation sites is 1. The maximum absolute atomic E-state index is 12.4. The fourth-order valence-corrected chi connectivity index (χ4v) is 2.88. The topological polar surface area (TPSA) is 113 Å². The molecule has 0 saturated heterocycles. The summed E-state index contributed by atoms with van der Waals surface area (Å²) in [5.41, 5.74) is 2.23. The van der Waals surface area contributed by atoms with Crippen molar-refractivity contribution in [3.63, 3.8) is 0 Å². The van der Waals surface area contributed by atoms with Crippen LogP contribution in [0.15, 0.2) is 84.9 Å². The van der Waals surface area contributed by atoms with Crippen LogP contribution in [0.1, 0.15) is 15.9 Å². The number of benzene rings is 3. The summed E-state index contributed by atoms with van der Waals surface area (Å²) in [6.45, 7) is 0. The van der Waals surface area contributed by atoms with Gasteiger partial charge in [-0.2, -0.15) is 0 Å². The maximum atomic E-state index is 12.4. The molecule has 0 aliphatic rings. The molecule has 0 spiro atoms. The molecule has 0 radical (unpaired) electrons. The van der Waals surface area contributed by atoms with Crippen molar-refractivity contribution in [2.75, 3.05) is 10.6 Å². The van der Waals surface area contributed by atoms with Gasteiger partial charge in [0.1, 0.15) is 0 Å². The molecule has 0 heterocycles. The number of carbonyl (C=O) groups is 2. The third kappa shape index (κ3) is 6.57. The number of nitro benzene ring substituents is 1. The number of amides is 2. The van der Waals surface area contributed by atoms with Crippen LogP contribution < -0.4 is 16.0 Å². The van der Waals surface area contributed by atoms with Crippen LogP contribution >= 0.6 is 12.2 Å². The molecule has 3 aromatic rings. The lowest BCUT2D eigenvalue weighted by Crippen LogP contribution is -2.32. The van der Waals surface area contributed by atoms with Gasteiger partial charge in [-0.1, -0.05) is 24.3 Å². The minimum absolute atomic E-state index is 0.0309. The van der Waals surface area contributed by atoms with Crippen molar-refractivity contribution in [2.24, 2.45) is 0 Å². The van der Waals surface area contributed by atoms with E-state index in [1.54, 1.807) is 36.4 Å². The van der Waals surface area contributed by atoms with Gasteiger partial charge in [0.2, 0.25) is 5.91 Å². The highest BCUT2D eigenvalue weighted by Gasteiger charge is 2.08. The zero-order valence-electron chi connectivity index (χ0n) is 16.6. The largest absolute Gasteiger partial charge is 0.332 e. The number of hydrogen-bond donors (Lipinski definition) is 3. The Morgan fingerprint density at radius 3 is 2.25 bits per heavy atom. The van der Waals surface area contributed by atoms with E-state index in [0.717, 1.165) is 0 Å². The second kappa shape index (κ2) is 10.6. The molecule has 0 aliphatic carbocycles. The standard InChI is InChI=1S/C23H18N4O4S/c28-21(14-11-16-9-12-20(13-10-16)27(30)31)26-23(32)25-19-8-4-5-17(15-19)22(29)24-18-6-2-1-3-7-18/h1-15H,(H,24,29)(H2,25,26,28,32)/b14-11+. The lowest BCUT2D eigenvalue weighted by atomic mass is 10.2. The Balaban J connectivity index is 1.55. The lowest BCUT2D eigenvalue weighted by Gasteiger charge is -2.10. The lowest BCUT2D eigenvalue weighted by molar-refractivity contribution is -0.384. The molecule has 3 aromatic carbocycles. The van der Waals surface area contributed by atoms with Gasteiger partial charge in [-0.15, -0.1) is 0 Å². The highest BCUT2D eigenvalue weighted by Crippen LogP contribution is 2.14. The van der Waals surface area contributed by atoms with E-state index < -0.39 is 10.8 Å². The molecule has 0 aliphatic heterocycles. The first-order valence-corrected chi connectivity index (χ1v) is 9.82. The normalized spacial score (nSPS) is 10.4. The molecule has 9 heteroatoms. The Hall–Kier alpha value is -4.37. The summed E-state index contributed by atoms with van der Waals surface area (Å²) in [7, 11) is 0. The van der Waals surface area contributed by atoms with Gasteiger partial charge in [-0.05, 0) is 66.3 Å². The zero-order chi connectivity index (χ0) is 22.9. The van der Waals surface area contributed by atoms with E-state index in [9.17, 15) is 19.7 Å². The quantitative estimate of drug-likeness (QED) is 0.224. The van der Waals surface area contributed by atoms with Crippen molar-refractivity contribution in [3.8, 4) is 0 Å². The van der Waals surface area contributed by atoms with Gasteiger partial charge in [-0.3, -0.25) is 25.0 Å². The van der Waals surface area contributed by atoms with Crippen molar-refractivity contribution in [2.45, 2.75) is 0 Å². The number of nitrogens with one attached hydrogen (secondary N) is 3. The summed E-state index contributed by atoms with van der Waals surface area (Å²) < 4.78 is 0. The van der Waals surface area contributed by atoms with Crippen molar-refractivity contribution in [1.82, 2.24) is 5.32 Å². The first-order chi connectivity index (χ1) is 15.4. The maximum Gasteiger partial charge on any atom is 0.269 e. The molecule has 0 bridgehead atoms. The monoisotopic (exact) mass is 446 g/mol. The highest BCUT2D eigenvalue weighted by atomic mass is 32.1. The number of anilines is 2. The molecule has 3 N–H and O–H groups in total. The van der Waals surface area contributed by atoms with E-state index in [2.05, 4.69) is 16.0 Å². The van der Waals surface area contributed by atoms with Crippen LogP contribution in [0.5, 0.6) is 0 Å². The Bertz CT molecular complexity index is 1180. The Kier molecular flexibility index (Phi) is 7.39. The van der Waals surface area contributed by atoms with Gasteiger partial charge >= 0.3 is 0 Å². The second-order valence-electron chi connectivity index (χ2n) is 6.53. The molecule has 0 unspecified atom stereocenters. The second-order valence-corrected chi connectivity index (χ2v) is 6.93. The molecule has 2 amide bonds. The summed E-state index contributed by atoms with van der Waals surface area (Å²) in [6, 6.07) is 21.5. The molecule has 3 rings (SSSR count). The van der Waals surface area contributed by atoms with E-state index in [0.29, 0.717) is 22.5 Å². The number of nitro groups is 1. The van der Waals surface area contributed by atoms with Crippen molar-refractivity contribution >= 4 is 52.3 Å². The third-order valence-corrected chi connectivity index (χ3v) is 4.39. The molecule has 0 fully saturated rings. The summed E-state index contributed by atoms with van der Waals surface area (Å²) in [6.07, 6.45) is 2.77. The zero-order valence-corrected chi connectivity index (χ0v) is 17.5. The van der Waals surface area contributed by atoms with Crippen molar-refractivity contribution in [1.29, 1.82) is 0 Å². The number of hydrogen-bond acceptors (Lipinski definition) is 5. The Labute approximate surface area is 189 Å². The van der Waals surface area contributed by atoms with Gasteiger partial charge in [-0.25, -0.2) is 0 Å². The van der Waals surface area contributed by atoms with E-state index in [1.165, 1.54) is 36.4 Å². The number of carbonyl (C=O) groups excluding carboxylic acids is 2. The molecule has 0 aromatic heterocycles. The number of thiocarbonyl (C=S) groups is 1. The summed E-state index contributed by atoms with van der Waals surface area (Å²) in [4.78, 5) is 34.7. The smallest absolute Gasteiger partial charge is 0.269 e. The molecular weight excluding hydrogens is 428 g/mol. The first kappa shape index (κ1) is 22.3. The van der Waals surface area contributed by atoms with Crippen molar-refractivity contribution in [3.05, 3.63) is 106 Å². The summed E-state index contributed by atoms with van der Waals surface area (Å²) >= 11 is 5.15. The van der Waals surface area contributed by atoms with Gasteiger partial charge in [0, 0.05) is 35.1 Å². The van der Waals surface area contributed by atoms with Crippen molar-refractivity contribution < 1.29 is 14.5 Å². The SMILES string of the molecule is O=C(/C=C/c1ccc([N+](=O)[O-])cc1)NC(=S)Nc1cccc(C(=O)Nc2ccccc2)c1. The molecular formula is C23H18N4O4S. The highest BCUT2D eigenvalue weighted by molar-refractivity contribution is 7.80. The fourth-order valence-electron chi connectivity index (χ4n) is 2.66. The molecule has 0 saturated carbocycles. The van der Waals surface area contributed by atoms with E-state index in [4.69, 9.17) is 12.2 Å². The van der Waals surface area contributed by atoms with Crippen LogP contribution in [0.2, 0.25) is 0 Å². The minimum atomic E-state index is -0.495. The van der Waals surface area contributed by atoms with Gasteiger partial charge < -0.3 is 10.6 Å². The third-order valence-electron chi connectivity index (χ3n) is 4.18. The number of nitrogens with zero attached hydrogens (tertiary/aromatic N) is 1. The van der Waals surface area contributed by atoms with Crippen LogP contribution in [-0.2, 0) is 4.79 Å². The summed E-state index contributed by atoms with van der Waals surface area (Å²) in [5, 5.41) is 18.9. The molecule has 0 atom stereocenters. The molecule has 160 valence electrons. The fraction of sp³-hybridized carbons (Fsp3) is 0. The Morgan fingerprint density at radius 2 is 1.56 bits per heavy atom. The first-order valence-electron chi connectivity index (χ1n) is 9.42. The van der Waals surface area contributed by atoms with Crippen LogP contribution in [0.4, 0.5) is 17.1 Å². The van der Waals surface area contributed by atoms with Gasteiger partial charge in [0.15, 0.2) is 5.11 Å². The number of non-ortho nitro benzene ring substituents is 1. The van der Waals surface area contributed by atoms with Gasteiger partial charge in [0.25, 0.3) is 11.6 Å².